The summed E-state index contributed by atoms with van der Waals surface area (Å²) in [5, 5.41) is 11.6. The first kappa shape index (κ1) is 21.1. The number of rotatable bonds is 8. The number of hydrogen-bond acceptors (Lipinski definition) is 4. The maximum Gasteiger partial charge on any atom is 0.246 e. The summed E-state index contributed by atoms with van der Waals surface area (Å²) in [6.45, 7) is 5.42. The minimum atomic E-state index is -0.675. The molecule has 1 aromatic rings. The SMILES string of the molecule is CCC1C[C@H](N(C)C(=O)/C=C/c2ccoc2)CC[C@@]1(O)[C@@H](C)N(C)CC1CC1. The first-order chi connectivity index (χ1) is 13.3. The molecule has 4 atom stereocenters. The van der Waals surface area contributed by atoms with Crippen LogP contribution in [0.25, 0.3) is 6.08 Å². The van der Waals surface area contributed by atoms with Crippen molar-refractivity contribution >= 4 is 12.0 Å². The van der Waals surface area contributed by atoms with E-state index in [4.69, 9.17) is 4.42 Å². The molecule has 0 aliphatic heterocycles. The van der Waals surface area contributed by atoms with Gasteiger partial charge in [-0.25, -0.2) is 0 Å². The average Bonchev–Trinajstić information content (AvgIpc) is 3.35. The van der Waals surface area contributed by atoms with Gasteiger partial charge in [-0.05, 0) is 70.1 Å². The maximum atomic E-state index is 12.6. The molecular formula is C23H36N2O3. The molecule has 5 nitrogen and oxygen atoms in total. The molecule has 5 heteroatoms. The number of hydrogen-bond donors (Lipinski definition) is 1. The lowest BCUT2D eigenvalue weighted by Gasteiger charge is -2.50. The van der Waals surface area contributed by atoms with E-state index in [2.05, 4.69) is 25.8 Å². The van der Waals surface area contributed by atoms with Gasteiger partial charge in [0.1, 0.15) is 0 Å². The number of amides is 1. The van der Waals surface area contributed by atoms with Crippen LogP contribution in [0.2, 0.25) is 0 Å². The van der Waals surface area contributed by atoms with Gasteiger partial charge < -0.3 is 19.3 Å². The van der Waals surface area contributed by atoms with Crippen LogP contribution >= 0.6 is 0 Å². The molecule has 1 unspecified atom stereocenters. The number of carbonyl (C=O) groups is 1. The van der Waals surface area contributed by atoms with Crippen molar-refractivity contribution < 1.29 is 14.3 Å². The van der Waals surface area contributed by atoms with Crippen LogP contribution in [0.5, 0.6) is 0 Å². The van der Waals surface area contributed by atoms with Gasteiger partial charge in [-0.15, -0.1) is 0 Å². The number of carbonyl (C=O) groups excluding carboxylic acids is 1. The highest BCUT2D eigenvalue weighted by atomic mass is 16.3. The van der Waals surface area contributed by atoms with Gasteiger partial charge in [0.2, 0.25) is 5.91 Å². The summed E-state index contributed by atoms with van der Waals surface area (Å²) in [5.74, 6) is 1.03. The van der Waals surface area contributed by atoms with Crippen molar-refractivity contribution in [3.63, 3.8) is 0 Å². The summed E-state index contributed by atoms with van der Waals surface area (Å²) in [4.78, 5) is 16.8. The zero-order valence-corrected chi connectivity index (χ0v) is 17.8. The van der Waals surface area contributed by atoms with Crippen molar-refractivity contribution in [3.05, 3.63) is 30.2 Å². The van der Waals surface area contributed by atoms with E-state index in [1.54, 1.807) is 24.7 Å². The van der Waals surface area contributed by atoms with Crippen LogP contribution in [-0.2, 0) is 4.79 Å². The molecule has 0 aromatic carbocycles. The van der Waals surface area contributed by atoms with Crippen LogP contribution in [0.3, 0.4) is 0 Å². The Balaban J connectivity index is 1.61. The summed E-state index contributed by atoms with van der Waals surface area (Å²) in [5.41, 5.74) is 0.213. The fourth-order valence-electron chi connectivity index (χ4n) is 4.76. The van der Waals surface area contributed by atoms with E-state index < -0.39 is 5.60 Å². The lowest BCUT2D eigenvalue weighted by molar-refractivity contribution is -0.136. The predicted octanol–water partition coefficient (Wildman–Crippen LogP) is 3.79. The first-order valence-corrected chi connectivity index (χ1v) is 10.7. The van der Waals surface area contributed by atoms with Gasteiger partial charge in [-0.3, -0.25) is 4.79 Å². The van der Waals surface area contributed by atoms with Crippen molar-refractivity contribution in [2.75, 3.05) is 20.6 Å². The van der Waals surface area contributed by atoms with E-state index in [-0.39, 0.29) is 23.9 Å². The molecule has 3 rings (SSSR count). The van der Waals surface area contributed by atoms with E-state index in [0.29, 0.717) is 0 Å². The van der Waals surface area contributed by atoms with Gasteiger partial charge in [0.15, 0.2) is 0 Å². The summed E-state index contributed by atoms with van der Waals surface area (Å²) in [6.07, 6.45) is 12.7. The Morgan fingerprint density at radius 3 is 2.75 bits per heavy atom. The first-order valence-electron chi connectivity index (χ1n) is 10.7. The van der Waals surface area contributed by atoms with Gasteiger partial charge in [-0.1, -0.05) is 13.3 Å². The molecule has 0 radical (unpaired) electrons. The molecule has 1 heterocycles. The average molecular weight is 389 g/mol. The van der Waals surface area contributed by atoms with Crippen molar-refractivity contribution in [3.8, 4) is 0 Å². The number of furan rings is 1. The molecule has 1 amide bonds. The molecule has 0 bridgehead atoms. The van der Waals surface area contributed by atoms with E-state index in [1.807, 2.05) is 18.0 Å². The van der Waals surface area contributed by atoms with Gasteiger partial charge in [-0.2, -0.15) is 0 Å². The van der Waals surface area contributed by atoms with E-state index in [0.717, 1.165) is 43.7 Å². The Bertz CT molecular complexity index is 667. The van der Waals surface area contributed by atoms with Crippen LogP contribution < -0.4 is 0 Å². The third kappa shape index (κ3) is 4.69. The molecule has 1 aromatic heterocycles. The van der Waals surface area contributed by atoms with Gasteiger partial charge in [0.05, 0.1) is 18.1 Å². The molecule has 0 saturated heterocycles. The molecule has 2 fully saturated rings. The quantitative estimate of drug-likeness (QED) is 0.689. The monoisotopic (exact) mass is 388 g/mol. The zero-order chi connectivity index (χ0) is 20.3. The fourth-order valence-corrected chi connectivity index (χ4v) is 4.76. The van der Waals surface area contributed by atoms with E-state index >= 15 is 0 Å². The number of likely N-dealkylation sites (N-methyl/N-ethyl adjacent to an activating group) is 2. The topological polar surface area (TPSA) is 56.9 Å². The lowest BCUT2D eigenvalue weighted by atomic mass is 9.68. The van der Waals surface area contributed by atoms with Gasteiger partial charge in [0.25, 0.3) is 0 Å². The Kier molecular flexibility index (Phi) is 6.66. The predicted molar refractivity (Wildman–Crippen MR) is 112 cm³/mol. The highest BCUT2D eigenvalue weighted by Gasteiger charge is 2.47. The van der Waals surface area contributed by atoms with Crippen molar-refractivity contribution in [2.45, 2.75) is 70.1 Å². The largest absolute Gasteiger partial charge is 0.472 e. The Morgan fingerprint density at radius 1 is 1.39 bits per heavy atom. The van der Waals surface area contributed by atoms with Crippen LogP contribution in [-0.4, -0.2) is 59.1 Å². The molecule has 2 saturated carbocycles. The third-order valence-electron chi connectivity index (χ3n) is 7.12. The summed E-state index contributed by atoms with van der Waals surface area (Å²) >= 11 is 0. The number of nitrogens with zero attached hydrogens (tertiary/aromatic N) is 2. The minimum absolute atomic E-state index is 0.00499. The van der Waals surface area contributed by atoms with Crippen molar-refractivity contribution in [1.29, 1.82) is 0 Å². The molecule has 2 aliphatic rings. The molecule has 2 aliphatic carbocycles. The molecule has 0 spiro atoms. The standard InChI is InChI=1S/C23H36N2O3/c1-5-20-14-21(25(4)22(26)9-8-19-11-13-28-16-19)10-12-23(20,27)17(2)24(3)15-18-6-7-18/h8-9,11,13,16-18,20-21,27H,5-7,10,12,14-15H2,1-4H3/b9-8+/t17-,20?,21-,23-/m1/s1. The second-order valence-corrected chi connectivity index (χ2v) is 8.92. The highest BCUT2D eigenvalue weighted by Crippen LogP contribution is 2.42. The van der Waals surface area contributed by atoms with Crippen LogP contribution in [0.1, 0.15) is 57.9 Å². The zero-order valence-electron chi connectivity index (χ0n) is 17.8. The lowest BCUT2D eigenvalue weighted by Crippen LogP contribution is -2.59. The highest BCUT2D eigenvalue weighted by molar-refractivity contribution is 5.91. The van der Waals surface area contributed by atoms with Gasteiger partial charge in [0, 0.05) is 37.3 Å². The second kappa shape index (κ2) is 8.83. The normalized spacial score (nSPS) is 29.4. The van der Waals surface area contributed by atoms with E-state index in [1.165, 1.54) is 12.8 Å². The van der Waals surface area contributed by atoms with Crippen LogP contribution in [0, 0.1) is 11.8 Å². The maximum absolute atomic E-state index is 12.6. The number of aliphatic hydroxyl groups is 1. The Hall–Kier alpha value is -1.59. The van der Waals surface area contributed by atoms with E-state index in [9.17, 15) is 9.90 Å². The fraction of sp³-hybridized carbons (Fsp3) is 0.696. The second-order valence-electron chi connectivity index (χ2n) is 8.92. The minimum Gasteiger partial charge on any atom is -0.472 e. The third-order valence-corrected chi connectivity index (χ3v) is 7.12. The molecule has 28 heavy (non-hydrogen) atoms. The smallest absolute Gasteiger partial charge is 0.246 e. The van der Waals surface area contributed by atoms with Crippen molar-refractivity contribution in [2.24, 2.45) is 11.8 Å². The summed E-state index contributed by atoms with van der Waals surface area (Å²) in [6, 6.07) is 2.14. The van der Waals surface area contributed by atoms with Crippen LogP contribution in [0.4, 0.5) is 0 Å². The summed E-state index contributed by atoms with van der Waals surface area (Å²) < 4.78 is 5.04. The molecular weight excluding hydrogens is 352 g/mol. The molecule has 156 valence electrons. The van der Waals surface area contributed by atoms with Crippen LogP contribution in [0.15, 0.2) is 29.1 Å². The molecule has 1 N–H and O–H groups in total. The summed E-state index contributed by atoms with van der Waals surface area (Å²) in [7, 11) is 4.03. The Labute approximate surface area is 169 Å². The Morgan fingerprint density at radius 2 is 2.14 bits per heavy atom. The van der Waals surface area contributed by atoms with Crippen molar-refractivity contribution in [1.82, 2.24) is 9.80 Å². The van der Waals surface area contributed by atoms with Gasteiger partial charge >= 0.3 is 0 Å².